The molecule has 98 valence electrons. The van der Waals surface area contributed by atoms with Gasteiger partial charge in [-0.2, -0.15) is 11.8 Å². The molecular formula is C13H24N2S2. The molecule has 2 nitrogen and oxygen atoms in total. The van der Waals surface area contributed by atoms with Crippen LogP contribution in [0.25, 0.3) is 0 Å². The van der Waals surface area contributed by atoms with Crippen molar-refractivity contribution in [3.05, 3.63) is 15.6 Å². The number of aryl methyl sites for hydroxylation is 1. The normalized spacial score (nSPS) is 12.9. The molecule has 0 spiro atoms. The molecule has 1 aromatic rings. The maximum atomic E-state index is 4.75. The first-order valence-electron chi connectivity index (χ1n) is 6.50. The Morgan fingerprint density at radius 3 is 2.71 bits per heavy atom. The molecule has 1 aromatic heterocycles. The zero-order valence-electron chi connectivity index (χ0n) is 11.4. The van der Waals surface area contributed by atoms with Gasteiger partial charge in [0.25, 0.3) is 0 Å². The molecule has 1 N–H and O–H groups in total. The van der Waals surface area contributed by atoms with Gasteiger partial charge in [-0.25, -0.2) is 4.98 Å². The van der Waals surface area contributed by atoms with E-state index in [4.69, 9.17) is 4.98 Å². The average molecular weight is 272 g/mol. The van der Waals surface area contributed by atoms with E-state index in [9.17, 15) is 0 Å². The average Bonchev–Trinajstić information content (AvgIpc) is 2.75. The van der Waals surface area contributed by atoms with Crippen LogP contribution < -0.4 is 5.32 Å². The van der Waals surface area contributed by atoms with Gasteiger partial charge in [0.15, 0.2) is 0 Å². The van der Waals surface area contributed by atoms with Crippen LogP contribution in [0.4, 0.5) is 0 Å². The minimum absolute atomic E-state index is 0.737. The summed E-state index contributed by atoms with van der Waals surface area (Å²) in [6.07, 6.45) is 2.28. The second-order valence-corrected chi connectivity index (χ2v) is 6.74. The van der Waals surface area contributed by atoms with Crippen molar-refractivity contribution in [1.82, 2.24) is 10.3 Å². The highest BCUT2D eigenvalue weighted by molar-refractivity contribution is 7.99. The fourth-order valence-corrected chi connectivity index (χ4v) is 3.57. The van der Waals surface area contributed by atoms with Crippen molar-refractivity contribution in [2.75, 3.05) is 6.54 Å². The maximum absolute atomic E-state index is 4.75. The lowest BCUT2D eigenvalue weighted by atomic mass is 10.3. The molecular weight excluding hydrogens is 248 g/mol. The van der Waals surface area contributed by atoms with Crippen LogP contribution in [0.15, 0.2) is 0 Å². The molecule has 0 amide bonds. The van der Waals surface area contributed by atoms with Crippen LogP contribution in [0.5, 0.6) is 0 Å². The van der Waals surface area contributed by atoms with E-state index < -0.39 is 0 Å². The van der Waals surface area contributed by atoms with Gasteiger partial charge in [-0.05, 0) is 19.4 Å². The van der Waals surface area contributed by atoms with E-state index in [0.717, 1.165) is 30.5 Å². The molecule has 0 aliphatic heterocycles. The second kappa shape index (κ2) is 8.11. The molecule has 0 aliphatic rings. The Labute approximate surface area is 114 Å². The van der Waals surface area contributed by atoms with Gasteiger partial charge in [0.05, 0.1) is 5.69 Å². The first-order chi connectivity index (χ1) is 8.21. The molecule has 0 bridgehead atoms. The number of nitrogens with one attached hydrogen (secondary N) is 1. The summed E-state index contributed by atoms with van der Waals surface area (Å²) in [6.45, 7) is 10.9. The quantitative estimate of drug-likeness (QED) is 0.778. The Morgan fingerprint density at radius 2 is 2.12 bits per heavy atom. The molecule has 17 heavy (non-hydrogen) atoms. The van der Waals surface area contributed by atoms with E-state index in [0.29, 0.717) is 0 Å². The minimum atomic E-state index is 0.737. The number of hydrogen-bond donors (Lipinski definition) is 1. The van der Waals surface area contributed by atoms with Gasteiger partial charge in [0.1, 0.15) is 5.01 Å². The number of rotatable bonds is 8. The molecule has 0 saturated carbocycles. The summed E-state index contributed by atoms with van der Waals surface area (Å²) < 4.78 is 0. The van der Waals surface area contributed by atoms with Crippen LogP contribution in [-0.4, -0.2) is 16.8 Å². The Balaban J connectivity index is 2.58. The van der Waals surface area contributed by atoms with Gasteiger partial charge in [0, 0.05) is 22.4 Å². The first-order valence-corrected chi connectivity index (χ1v) is 8.37. The summed E-state index contributed by atoms with van der Waals surface area (Å²) in [5.41, 5.74) is 1.29. The largest absolute Gasteiger partial charge is 0.312 e. The van der Waals surface area contributed by atoms with Crippen LogP contribution in [0, 0.1) is 0 Å². The van der Waals surface area contributed by atoms with Crippen LogP contribution in [0.1, 0.15) is 49.7 Å². The van der Waals surface area contributed by atoms with Crippen molar-refractivity contribution in [2.24, 2.45) is 0 Å². The van der Waals surface area contributed by atoms with E-state index in [1.54, 1.807) is 0 Å². The Bertz CT molecular complexity index is 323. The first kappa shape index (κ1) is 15.0. The van der Waals surface area contributed by atoms with Gasteiger partial charge < -0.3 is 5.32 Å². The van der Waals surface area contributed by atoms with E-state index in [2.05, 4.69) is 33.0 Å². The fraction of sp³-hybridized carbons (Fsp3) is 0.769. The smallest absolute Gasteiger partial charge is 0.103 e. The lowest BCUT2D eigenvalue weighted by Crippen LogP contribution is -2.11. The third-order valence-electron chi connectivity index (χ3n) is 2.76. The number of hydrogen-bond acceptors (Lipinski definition) is 4. The molecule has 0 radical (unpaired) electrons. The summed E-state index contributed by atoms with van der Waals surface area (Å²) >= 11 is 3.90. The van der Waals surface area contributed by atoms with Crippen molar-refractivity contribution >= 4 is 23.1 Å². The summed E-state index contributed by atoms with van der Waals surface area (Å²) in [5, 5.41) is 5.42. The number of thiazole rings is 1. The summed E-state index contributed by atoms with van der Waals surface area (Å²) in [5.74, 6) is 1.07. The lowest BCUT2D eigenvalue weighted by Gasteiger charge is -2.05. The van der Waals surface area contributed by atoms with Crippen molar-refractivity contribution in [3.8, 4) is 0 Å². The molecule has 0 aromatic carbocycles. The van der Waals surface area contributed by atoms with Crippen molar-refractivity contribution in [2.45, 2.75) is 58.1 Å². The van der Waals surface area contributed by atoms with Crippen molar-refractivity contribution < 1.29 is 0 Å². The van der Waals surface area contributed by atoms with Gasteiger partial charge in [0.2, 0.25) is 0 Å². The summed E-state index contributed by atoms with van der Waals surface area (Å²) in [4.78, 5) is 6.17. The summed E-state index contributed by atoms with van der Waals surface area (Å²) in [6, 6.07) is 0. The molecule has 1 heterocycles. The molecule has 0 saturated heterocycles. The SMILES string of the molecule is CCNCc1sc(CSC(C)CC)nc1CC. The van der Waals surface area contributed by atoms with E-state index in [1.807, 2.05) is 23.1 Å². The van der Waals surface area contributed by atoms with Crippen LogP contribution in [0.2, 0.25) is 0 Å². The Kier molecular flexibility index (Phi) is 7.16. The van der Waals surface area contributed by atoms with Crippen molar-refractivity contribution in [3.63, 3.8) is 0 Å². The van der Waals surface area contributed by atoms with E-state index in [1.165, 1.54) is 22.0 Å². The van der Waals surface area contributed by atoms with E-state index in [-0.39, 0.29) is 0 Å². The molecule has 0 fully saturated rings. The fourth-order valence-electron chi connectivity index (χ4n) is 1.48. The van der Waals surface area contributed by atoms with Gasteiger partial charge >= 0.3 is 0 Å². The summed E-state index contributed by atoms with van der Waals surface area (Å²) in [7, 11) is 0. The predicted octanol–water partition coefficient (Wildman–Crippen LogP) is 3.85. The maximum Gasteiger partial charge on any atom is 0.103 e. The highest BCUT2D eigenvalue weighted by atomic mass is 32.2. The van der Waals surface area contributed by atoms with Crippen molar-refractivity contribution in [1.29, 1.82) is 0 Å². The van der Waals surface area contributed by atoms with E-state index >= 15 is 0 Å². The number of nitrogens with zero attached hydrogens (tertiary/aromatic N) is 1. The lowest BCUT2D eigenvalue weighted by molar-refractivity contribution is 0.727. The molecule has 1 atom stereocenters. The van der Waals surface area contributed by atoms with Crippen LogP contribution >= 0.6 is 23.1 Å². The standard InChI is InChI=1S/C13H24N2S2/c1-5-10(4)16-9-13-15-11(6-2)12(17-13)8-14-7-3/h10,14H,5-9H2,1-4H3. The monoisotopic (exact) mass is 272 g/mol. The second-order valence-electron chi connectivity index (χ2n) is 4.14. The van der Waals surface area contributed by atoms with Gasteiger partial charge in [-0.3, -0.25) is 0 Å². The number of thioether (sulfide) groups is 1. The molecule has 1 unspecified atom stereocenters. The predicted molar refractivity (Wildman–Crippen MR) is 79.9 cm³/mol. The molecule has 4 heteroatoms. The Morgan fingerprint density at radius 1 is 1.35 bits per heavy atom. The van der Waals surface area contributed by atoms with Crippen LogP contribution in [0.3, 0.4) is 0 Å². The van der Waals surface area contributed by atoms with Gasteiger partial charge in [-0.1, -0.05) is 27.7 Å². The number of aromatic nitrogens is 1. The highest BCUT2D eigenvalue weighted by Gasteiger charge is 2.10. The van der Waals surface area contributed by atoms with Gasteiger partial charge in [-0.15, -0.1) is 11.3 Å². The topological polar surface area (TPSA) is 24.9 Å². The third-order valence-corrected chi connectivity index (χ3v) is 5.38. The Hall–Kier alpha value is -0.0600. The van der Waals surface area contributed by atoms with Crippen LogP contribution in [-0.2, 0) is 18.7 Å². The molecule has 1 rings (SSSR count). The zero-order chi connectivity index (χ0) is 12.7. The zero-order valence-corrected chi connectivity index (χ0v) is 13.0. The third kappa shape index (κ3) is 4.98. The minimum Gasteiger partial charge on any atom is -0.312 e. The molecule has 0 aliphatic carbocycles. The highest BCUT2D eigenvalue weighted by Crippen LogP contribution is 2.25.